The quantitative estimate of drug-likeness (QED) is 0.716. The highest BCUT2D eigenvalue weighted by Gasteiger charge is 2.11. The largest absolute Gasteiger partial charge is 0.390 e. The minimum atomic E-state index is -0.235. The van der Waals surface area contributed by atoms with Gasteiger partial charge in [0.15, 0.2) is 0 Å². The molecule has 0 saturated carbocycles. The fraction of sp³-hybridized carbons (Fsp3) is 0.222. The highest BCUT2D eigenvalue weighted by Crippen LogP contribution is 2.11. The zero-order valence-electron chi connectivity index (χ0n) is 7.91. The van der Waals surface area contributed by atoms with E-state index in [1.54, 1.807) is 24.5 Å². The first-order chi connectivity index (χ1) is 7.36. The third kappa shape index (κ3) is 1.72. The summed E-state index contributed by atoms with van der Waals surface area (Å²) in [6, 6.07) is 3.49. The number of hydrogen-bond donors (Lipinski definition) is 2. The van der Waals surface area contributed by atoms with E-state index in [1.807, 2.05) is 0 Å². The van der Waals surface area contributed by atoms with Crippen LogP contribution in [-0.4, -0.2) is 30.2 Å². The van der Waals surface area contributed by atoms with Crippen LogP contribution in [0.15, 0.2) is 24.5 Å². The summed E-state index contributed by atoms with van der Waals surface area (Å²) >= 11 is 0. The van der Waals surface area contributed by atoms with Crippen LogP contribution in [0.3, 0.4) is 0 Å². The van der Waals surface area contributed by atoms with Gasteiger partial charge in [0.25, 0.3) is 0 Å². The lowest BCUT2D eigenvalue weighted by Gasteiger charge is -2.03. The number of aliphatic hydroxyl groups excluding tert-OH is 2. The molecule has 78 valence electrons. The lowest BCUT2D eigenvalue weighted by atomic mass is 10.3. The van der Waals surface area contributed by atoms with Crippen molar-refractivity contribution < 1.29 is 10.2 Å². The van der Waals surface area contributed by atoms with Gasteiger partial charge in [-0.3, -0.25) is 4.98 Å². The van der Waals surface area contributed by atoms with E-state index in [0.717, 1.165) is 5.69 Å². The smallest absolute Gasteiger partial charge is 0.114 e. The molecule has 0 aromatic carbocycles. The highest BCUT2D eigenvalue weighted by molar-refractivity contribution is 5.30. The van der Waals surface area contributed by atoms with Gasteiger partial charge >= 0.3 is 0 Å². The molecule has 0 unspecified atom stereocenters. The first kappa shape index (κ1) is 9.75. The molecule has 6 heteroatoms. The Bertz CT molecular complexity index is 441. The number of rotatable bonds is 3. The Kier molecular flexibility index (Phi) is 2.70. The van der Waals surface area contributed by atoms with Crippen molar-refractivity contribution in [1.29, 1.82) is 0 Å². The SMILES string of the molecule is OCc1nnn(-c2ccncc2)c1CO. The van der Waals surface area contributed by atoms with Crippen molar-refractivity contribution in [3.05, 3.63) is 35.9 Å². The van der Waals surface area contributed by atoms with Crippen molar-refractivity contribution in [1.82, 2.24) is 20.0 Å². The van der Waals surface area contributed by atoms with Crippen LogP contribution in [0.5, 0.6) is 0 Å². The zero-order chi connectivity index (χ0) is 10.7. The molecule has 0 aliphatic rings. The molecule has 0 saturated heterocycles. The van der Waals surface area contributed by atoms with Gasteiger partial charge in [0.1, 0.15) is 5.69 Å². The molecule has 0 aliphatic carbocycles. The number of nitrogens with zero attached hydrogens (tertiary/aromatic N) is 4. The van der Waals surface area contributed by atoms with Gasteiger partial charge in [-0.15, -0.1) is 5.10 Å². The minimum Gasteiger partial charge on any atom is -0.390 e. The molecule has 0 amide bonds. The van der Waals surface area contributed by atoms with Crippen LogP contribution in [0, 0.1) is 0 Å². The lowest BCUT2D eigenvalue weighted by molar-refractivity contribution is 0.253. The molecule has 2 aromatic rings. The fourth-order valence-electron chi connectivity index (χ4n) is 1.31. The lowest BCUT2D eigenvalue weighted by Crippen LogP contribution is -2.03. The molecular weight excluding hydrogens is 196 g/mol. The van der Waals surface area contributed by atoms with Crippen LogP contribution in [0.2, 0.25) is 0 Å². The third-order valence-electron chi connectivity index (χ3n) is 2.05. The average Bonchev–Trinajstić information content (AvgIpc) is 2.72. The van der Waals surface area contributed by atoms with Gasteiger partial charge in [-0.05, 0) is 12.1 Å². The molecule has 2 N–H and O–H groups in total. The average molecular weight is 206 g/mol. The van der Waals surface area contributed by atoms with Crippen molar-refractivity contribution in [2.75, 3.05) is 0 Å². The van der Waals surface area contributed by atoms with E-state index in [1.165, 1.54) is 4.68 Å². The predicted octanol–water partition coefficient (Wildman–Crippen LogP) is -0.353. The Morgan fingerprint density at radius 3 is 2.47 bits per heavy atom. The Morgan fingerprint density at radius 2 is 1.87 bits per heavy atom. The van der Waals surface area contributed by atoms with E-state index in [-0.39, 0.29) is 13.2 Å². The summed E-state index contributed by atoms with van der Waals surface area (Å²) < 4.78 is 1.48. The second kappa shape index (κ2) is 4.16. The van der Waals surface area contributed by atoms with E-state index in [2.05, 4.69) is 15.3 Å². The van der Waals surface area contributed by atoms with Crippen molar-refractivity contribution >= 4 is 0 Å². The van der Waals surface area contributed by atoms with E-state index in [0.29, 0.717) is 11.4 Å². The number of pyridine rings is 1. The van der Waals surface area contributed by atoms with Crippen molar-refractivity contribution in [3.8, 4) is 5.69 Å². The standard InChI is InChI=1S/C9H10N4O2/c14-5-8-9(6-15)13(12-11-8)7-1-3-10-4-2-7/h1-4,14-15H,5-6H2. The van der Waals surface area contributed by atoms with Crippen LogP contribution in [0.4, 0.5) is 0 Å². The van der Waals surface area contributed by atoms with Gasteiger partial charge in [-0.2, -0.15) is 0 Å². The monoisotopic (exact) mass is 206 g/mol. The molecule has 2 heterocycles. The summed E-state index contributed by atoms with van der Waals surface area (Å²) in [4.78, 5) is 3.88. The Balaban J connectivity index is 2.49. The summed E-state index contributed by atoms with van der Waals surface area (Å²) in [7, 11) is 0. The van der Waals surface area contributed by atoms with Crippen LogP contribution >= 0.6 is 0 Å². The topological polar surface area (TPSA) is 84.1 Å². The van der Waals surface area contributed by atoms with Crippen LogP contribution in [0.1, 0.15) is 11.4 Å². The summed E-state index contributed by atoms with van der Waals surface area (Å²) in [5.74, 6) is 0. The van der Waals surface area contributed by atoms with Gasteiger partial charge in [0, 0.05) is 12.4 Å². The molecule has 2 aromatic heterocycles. The molecule has 2 rings (SSSR count). The number of aliphatic hydroxyl groups is 2. The molecule has 15 heavy (non-hydrogen) atoms. The maximum atomic E-state index is 9.15. The van der Waals surface area contributed by atoms with Crippen LogP contribution in [-0.2, 0) is 13.2 Å². The zero-order valence-corrected chi connectivity index (χ0v) is 7.91. The van der Waals surface area contributed by atoms with Crippen molar-refractivity contribution in [2.45, 2.75) is 13.2 Å². The second-order valence-electron chi connectivity index (χ2n) is 2.92. The highest BCUT2D eigenvalue weighted by atomic mass is 16.3. The van der Waals surface area contributed by atoms with Gasteiger partial charge < -0.3 is 10.2 Å². The number of aromatic nitrogens is 4. The molecule has 0 atom stereocenters. The van der Waals surface area contributed by atoms with E-state index in [9.17, 15) is 0 Å². The molecule has 0 fully saturated rings. The van der Waals surface area contributed by atoms with Gasteiger partial charge in [0.05, 0.1) is 24.6 Å². The van der Waals surface area contributed by atoms with Gasteiger partial charge in [-0.25, -0.2) is 4.68 Å². The summed E-state index contributed by atoms with van der Waals surface area (Å²) in [5, 5.41) is 25.7. The molecule has 0 bridgehead atoms. The van der Waals surface area contributed by atoms with E-state index >= 15 is 0 Å². The molecule has 0 radical (unpaired) electrons. The Labute approximate surface area is 85.8 Å². The van der Waals surface area contributed by atoms with E-state index < -0.39 is 0 Å². The van der Waals surface area contributed by atoms with E-state index in [4.69, 9.17) is 10.2 Å². The summed E-state index contributed by atoms with van der Waals surface area (Å²) in [6.07, 6.45) is 3.24. The molecule has 6 nitrogen and oxygen atoms in total. The maximum absolute atomic E-state index is 9.15. The first-order valence-electron chi connectivity index (χ1n) is 4.42. The Hall–Kier alpha value is -1.79. The molecule has 0 aliphatic heterocycles. The van der Waals surface area contributed by atoms with Crippen LogP contribution in [0.25, 0.3) is 5.69 Å². The molecule has 0 spiro atoms. The normalized spacial score (nSPS) is 10.5. The first-order valence-corrected chi connectivity index (χ1v) is 4.42. The summed E-state index contributed by atoms with van der Waals surface area (Å²) in [5.41, 5.74) is 1.62. The van der Waals surface area contributed by atoms with Crippen molar-refractivity contribution in [2.24, 2.45) is 0 Å². The predicted molar refractivity (Wildman–Crippen MR) is 51.0 cm³/mol. The Morgan fingerprint density at radius 1 is 1.13 bits per heavy atom. The second-order valence-corrected chi connectivity index (χ2v) is 2.92. The van der Waals surface area contributed by atoms with Gasteiger partial charge in [-0.1, -0.05) is 5.21 Å². The summed E-state index contributed by atoms with van der Waals surface area (Å²) in [6.45, 7) is -0.452. The maximum Gasteiger partial charge on any atom is 0.114 e. The minimum absolute atomic E-state index is 0.217. The third-order valence-corrected chi connectivity index (χ3v) is 2.05. The van der Waals surface area contributed by atoms with Gasteiger partial charge in [0.2, 0.25) is 0 Å². The fourth-order valence-corrected chi connectivity index (χ4v) is 1.31. The molecular formula is C9H10N4O2. The number of hydrogen-bond acceptors (Lipinski definition) is 5. The van der Waals surface area contributed by atoms with Crippen molar-refractivity contribution in [3.63, 3.8) is 0 Å². The van der Waals surface area contributed by atoms with Crippen LogP contribution < -0.4 is 0 Å².